The molecule has 5 rings (SSSR count). The summed E-state index contributed by atoms with van der Waals surface area (Å²) < 4.78 is 6.25. The smallest absolute Gasteiger partial charge is 0.147 e. The van der Waals surface area contributed by atoms with Gasteiger partial charge in [0.1, 0.15) is 11.2 Å². The van der Waals surface area contributed by atoms with E-state index in [0.717, 1.165) is 44.1 Å². The van der Waals surface area contributed by atoms with Crippen LogP contribution in [0.15, 0.2) is 71.1 Å². The molecule has 0 atom stereocenters. The third-order valence-corrected chi connectivity index (χ3v) is 4.71. The minimum Gasteiger partial charge on any atom is -0.455 e. The van der Waals surface area contributed by atoms with E-state index in [1.54, 1.807) is 0 Å². The first-order chi connectivity index (χ1) is 12.2. The highest BCUT2D eigenvalue weighted by Gasteiger charge is 2.17. The van der Waals surface area contributed by atoms with E-state index >= 15 is 0 Å². The summed E-state index contributed by atoms with van der Waals surface area (Å²) >= 11 is 0. The number of fused-ring (bicyclic) bond motifs is 5. The number of furan rings is 1. The number of nitrogens with zero attached hydrogens (tertiary/aromatic N) is 1. The summed E-state index contributed by atoms with van der Waals surface area (Å²) in [7, 11) is 0. The first-order valence-electron chi connectivity index (χ1n) is 8.49. The van der Waals surface area contributed by atoms with Crippen LogP contribution in [0.5, 0.6) is 0 Å². The van der Waals surface area contributed by atoms with Gasteiger partial charge >= 0.3 is 0 Å². The van der Waals surface area contributed by atoms with Crippen molar-refractivity contribution in [1.29, 1.82) is 0 Å². The fourth-order valence-electron chi connectivity index (χ4n) is 3.73. The van der Waals surface area contributed by atoms with Crippen LogP contribution in [0.4, 0.5) is 0 Å². The highest BCUT2D eigenvalue weighted by Crippen LogP contribution is 2.39. The van der Waals surface area contributed by atoms with Crippen LogP contribution in [0.3, 0.4) is 0 Å². The lowest BCUT2D eigenvalue weighted by Crippen LogP contribution is -1.89. The molecule has 0 saturated heterocycles. The monoisotopic (exact) mass is 323 g/mol. The molecule has 0 spiro atoms. The average molecular weight is 323 g/mol. The van der Waals surface area contributed by atoms with Gasteiger partial charge in [-0.05, 0) is 44.2 Å². The average Bonchev–Trinajstić information content (AvgIpc) is 3.00. The van der Waals surface area contributed by atoms with Crippen LogP contribution in [0.25, 0.3) is 44.1 Å². The Morgan fingerprint density at radius 3 is 2.24 bits per heavy atom. The third-order valence-electron chi connectivity index (χ3n) is 4.71. The molecule has 0 aliphatic rings. The van der Waals surface area contributed by atoms with Crippen LogP contribution in [0, 0.1) is 13.8 Å². The molecular weight excluding hydrogens is 306 g/mol. The number of hydrogen-bond acceptors (Lipinski definition) is 2. The molecule has 120 valence electrons. The first kappa shape index (κ1) is 14.2. The van der Waals surface area contributed by atoms with Gasteiger partial charge in [-0.15, -0.1) is 0 Å². The second-order valence-corrected chi connectivity index (χ2v) is 6.66. The van der Waals surface area contributed by atoms with Gasteiger partial charge in [0.05, 0.1) is 16.6 Å². The summed E-state index contributed by atoms with van der Waals surface area (Å²) in [6.07, 6.45) is 0. The van der Waals surface area contributed by atoms with Gasteiger partial charge in [-0.3, -0.25) is 0 Å². The van der Waals surface area contributed by atoms with Gasteiger partial charge in [0.2, 0.25) is 0 Å². The van der Waals surface area contributed by atoms with Crippen molar-refractivity contribution in [3.63, 3.8) is 0 Å². The minimum atomic E-state index is 0.904. The summed E-state index contributed by atoms with van der Waals surface area (Å²) in [5.41, 5.74) is 7.40. The molecule has 2 heterocycles. The van der Waals surface area contributed by atoms with Crippen LogP contribution in [-0.2, 0) is 0 Å². The molecule has 0 N–H and O–H groups in total. The largest absolute Gasteiger partial charge is 0.455 e. The van der Waals surface area contributed by atoms with E-state index in [-0.39, 0.29) is 0 Å². The zero-order valence-electron chi connectivity index (χ0n) is 14.2. The van der Waals surface area contributed by atoms with Gasteiger partial charge in [0, 0.05) is 16.3 Å². The number of para-hydroxylation sites is 2. The highest BCUT2D eigenvalue weighted by molar-refractivity contribution is 6.19. The second-order valence-electron chi connectivity index (χ2n) is 6.66. The van der Waals surface area contributed by atoms with E-state index in [0.29, 0.717) is 0 Å². The van der Waals surface area contributed by atoms with Crippen LogP contribution < -0.4 is 0 Å². The normalized spacial score (nSPS) is 11.6. The molecular formula is C23H17NO. The maximum Gasteiger partial charge on any atom is 0.147 e. The van der Waals surface area contributed by atoms with Crippen LogP contribution in [0.1, 0.15) is 11.1 Å². The van der Waals surface area contributed by atoms with Gasteiger partial charge in [0.15, 0.2) is 0 Å². The molecule has 2 heteroatoms. The maximum absolute atomic E-state index is 6.25. The molecule has 5 aromatic rings. The minimum absolute atomic E-state index is 0.904. The molecule has 0 aliphatic carbocycles. The topological polar surface area (TPSA) is 26.0 Å². The van der Waals surface area contributed by atoms with E-state index in [4.69, 9.17) is 9.40 Å². The van der Waals surface area contributed by atoms with Gasteiger partial charge in [-0.1, -0.05) is 47.5 Å². The lowest BCUT2D eigenvalue weighted by atomic mass is 9.99. The number of aromatic nitrogens is 1. The predicted molar refractivity (Wildman–Crippen MR) is 104 cm³/mol. The van der Waals surface area contributed by atoms with Gasteiger partial charge in [0.25, 0.3) is 0 Å². The van der Waals surface area contributed by atoms with Crippen LogP contribution in [0.2, 0.25) is 0 Å². The zero-order chi connectivity index (χ0) is 17.0. The number of aryl methyl sites for hydroxylation is 2. The summed E-state index contributed by atoms with van der Waals surface area (Å²) in [4.78, 5) is 5.02. The first-order valence-corrected chi connectivity index (χ1v) is 8.49. The molecule has 0 fully saturated rings. The molecule has 3 aromatic carbocycles. The van der Waals surface area contributed by atoms with E-state index in [1.807, 2.05) is 30.3 Å². The Balaban J connectivity index is 2.03. The van der Waals surface area contributed by atoms with Crippen molar-refractivity contribution in [2.75, 3.05) is 0 Å². The SMILES string of the molecule is Cc1cc(C)cc(-c2nc3ccccc3c3oc4ccccc4c23)c1. The summed E-state index contributed by atoms with van der Waals surface area (Å²) in [6.45, 7) is 4.25. The van der Waals surface area contributed by atoms with Crippen molar-refractivity contribution in [2.45, 2.75) is 13.8 Å². The molecule has 0 saturated carbocycles. The Hall–Kier alpha value is -3.13. The molecule has 0 aliphatic heterocycles. The fraction of sp³-hybridized carbons (Fsp3) is 0.0870. The third kappa shape index (κ3) is 2.14. The molecule has 0 radical (unpaired) electrons. The summed E-state index contributed by atoms with van der Waals surface area (Å²) in [5.74, 6) is 0. The second kappa shape index (κ2) is 5.18. The number of hydrogen-bond donors (Lipinski definition) is 0. The molecule has 0 bridgehead atoms. The van der Waals surface area contributed by atoms with Gasteiger partial charge < -0.3 is 4.42 Å². The number of rotatable bonds is 1. The van der Waals surface area contributed by atoms with Crippen molar-refractivity contribution in [3.8, 4) is 11.3 Å². The molecule has 25 heavy (non-hydrogen) atoms. The van der Waals surface area contributed by atoms with E-state index < -0.39 is 0 Å². The fourth-order valence-corrected chi connectivity index (χ4v) is 3.73. The number of benzene rings is 3. The van der Waals surface area contributed by atoms with Crippen molar-refractivity contribution in [2.24, 2.45) is 0 Å². The van der Waals surface area contributed by atoms with Crippen molar-refractivity contribution in [1.82, 2.24) is 4.98 Å². The van der Waals surface area contributed by atoms with E-state index in [2.05, 4.69) is 50.2 Å². The Morgan fingerprint density at radius 2 is 1.44 bits per heavy atom. The molecule has 2 aromatic heterocycles. The quantitative estimate of drug-likeness (QED) is 0.356. The predicted octanol–water partition coefficient (Wildman–Crippen LogP) is 6.42. The summed E-state index contributed by atoms with van der Waals surface area (Å²) in [5, 5.41) is 3.27. The molecule has 2 nitrogen and oxygen atoms in total. The standard InChI is InChI=1S/C23H17NO/c1-14-11-15(2)13-16(12-14)22-21-18-8-4-6-10-20(18)25-23(21)17-7-3-5-9-19(17)24-22/h3-13H,1-2H3. The summed E-state index contributed by atoms with van der Waals surface area (Å²) in [6, 6.07) is 23.0. The van der Waals surface area contributed by atoms with Crippen molar-refractivity contribution >= 4 is 32.8 Å². The van der Waals surface area contributed by atoms with E-state index in [9.17, 15) is 0 Å². The van der Waals surface area contributed by atoms with Gasteiger partial charge in [-0.25, -0.2) is 4.98 Å². The van der Waals surface area contributed by atoms with E-state index in [1.165, 1.54) is 11.1 Å². The molecule has 0 amide bonds. The van der Waals surface area contributed by atoms with Crippen molar-refractivity contribution < 1.29 is 4.42 Å². The maximum atomic E-state index is 6.25. The van der Waals surface area contributed by atoms with Crippen LogP contribution in [-0.4, -0.2) is 4.98 Å². The lowest BCUT2D eigenvalue weighted by Gasteiger charge is -2.08. The number of pyridine rings is 1. The van der Waals surface area contributed by atoms with Crippen LogP contribution >= 0.6 is 0 Å². The zero-order valence-corrected chi connectivity index (χ0v) is 14.2. The Labute approximate surface area is 145 Å². The van der Waals surface area contributed by atoms with Crippen molar-refractivity contribution in [3.05, 3.63) is 77.9 Å². The highest BCUT2D eigenvalue weighted by atomic mass is 16.3. The Morgan fingerprint density at radius 1 is 0.760 bits per heavy atom. The van der Waals surface area contributed by atoms with Gasteiger partial charge in [-0.2, -0.15) is 0 Å². The molecule has 0 unspecified atom stereocenters. The lowest BCUT2D eigenvalue weighted by molar-refractivity contribution is 0.672. The Kier molecular flexibility index (Phi) is 2.95. The Bertz CT molecular complexity index is 1240.